The minimum Gasteiger partial charge on any atom is -0.482 e. The molecule has 7 heteroatoms. The third kappa shape index (κ3) is 4.95. The lowest BCUT2D eigenvalue weighted by Gasteiger charge is -2.09. The molecule has 0 bridgehead atoms. The molecule has 3 amide bonds. The van der Waals surface area contributed by atoms with Crippen LogP contribution in [0.15, 0.2) is 48.5 Å². The quantitative estimate of drug-likeness (QED) is 0.892. The fourth-order valence-electron chi connectivity index (χ4n) is 1.58. The van der Waals surface area contributed by atoms with Crippen LogP contribution in [0.1, 0.15) is 0 Å². The molecule has 0 heterocycles. The lowest BCUT2D eigenvalue weighted by atomic mass is 10.3. The normalized spacial score (nSPS) is 9.91. The maximum Gasteiger partial charge on any atom is 0.325 e. The SMILES string of the molecule is O=C(COc1ccc(Cl)cc1Cl)NC(=O)Nc1ccccc1. The zero-order valence-corrected chi connectivity index (χ0v) is 12.8. The summed E-state index contributed by atoms with van der Waals surface area (Å²) >= 11 is 11.7. The molecule has 0 aliphatic rings. The van der Waals surface area contributed by atoms with Crippen LogP contribution >= 0.6 is 23.2 Å². The summed E-state index contributed by atoms with van der Waals surface area (Å²) in [5, 5.41) is 5.41. The van der Waals surface area contributed by atoms with Crippen LogP contribution in [-0.2, 0) is 4.79 Å². The highest BCUT2D eigenvalue weighted by Gasteiger charge is 2.10. The number of hydrogen-bond donors (Lipinski definition) is 2. The largest absolute Gasteiger partial charge is 0.482 e. The van der Waals surface area contributed by atoms with Crippen molar-refractivity contribution in [3.05, 3.63) is 58.6 Å². The average molecular weight is 339 g/mol. The van der Waals surface area contributed by atoms with Crippen molar-refractivity contribution in [2.24, 2.45) is 0 Å². The number of rotatable bonds is 4. The van der Waals surface area contributed by atoms with Crippen molar-refractivity contribution < 1.29 is 14.3 Å². The number of carbonyl (C=O) groups is 2. The molecular formula is C15H12Cl2N2O3. The standard InChI is InChI=1S/C15H12Cl2N2O3/c16-10-6-7-13(12(17)8-10)22-9-14(20)19-15(21)18-11-4-2-1-3-5-11/h1-8H,9H2,(H2,18,19,20,21). The number of para-hydroxylation sites is 1. The molecule has 0 unspecified atom stereocenters. The highest BCUT2D eigenvalue weighted by molar-refractivity contribution is 6.35. The fourth-order valence-corrected chi connectivity index (χ4v) is 2.05. The van der Waals surface area contributed by atoms with Gasteiger partial charge in [0.1, 0.15) is 5.75 Å². The van der Waals surface area contributed by atoms with Gasteiger partial charge in [-0.3, -0.25) is 10.1 Å². The Labute approximate surface area is 137 Å². The summed E-state index contributed by atoms with van der Waals surface area (Å²) in [6.45, 7) is -0.344. The van der Waals surface area contributed by atoms with E-state index >= 15 is 0 Å². The summed E-state index contributed by atoms with van der Waals surface area (Å²) in [6.07, 6.45) is 0. The second-order valence-electron chi connectivity index (χ2n) is 4.23. The monoisotopic (exact) mass is 338 g/mol. The predicted molar refractivity (Wildman–Crippen MR) is 85.6 cm³/mol. The van der Waals surface area contributed by atoms with Crippen LogP contribution in [0, 0.1) is 0 Å². The lowest BCUT2D eigenvalue weighted by molar-refractivity contribution is -0.121. The Hall–Kier alpha value is -2.24. The van der Waals surface area contributed by atoms with Crippen LogP contribution in [-0.4, -0.2) is 18.5 Å². The van der Waals surface area contributed by atoms with E-state index in [0.717, 1.165) is 0 Å². The van der Waals surface area contributed by atoms with Gasteiger partial charge in [-0.05, 0) is 30.3 Å². The van der Waals surface area contributed by atoms with Crippen LogP contribution in [0.3, 0.4) is 0 Å². The molecule has 0 saturated heterocycles. The first kappa shape index (κ1) is 16.1. The van der Waals surface area contributed by atoms with E-state index in [1.54, 1.807) is 36.4 Å². The van der Waals surface area contributed by atoms with Gasteiger partial charge in [-0.2, -0.15) is 0 Å². The minimum absolute atomic E-state index is 0.286. The highest BCUT2D eigenvalue weighted by atomic mass is 35.5. The van der Waals surface area contributed by atoms with E-state index in [0.29, 0.717) is 16.5 Å². The number of halogens is 2. The van der Waals surface area contributed by atoms with Gasteiger partial charge in [0.15, 0.2) is 6.61 Å². The van der Waals surface area contributed by atoms with Gasteiger partial charge >= 0.3 is 6.03 Å². The number of nitrogens with one attached hydrogen (secondary N) is 2. The van der Waals surface area contributed by atoms with Gasteiger partial charge in [0.2, 0.25) is 0 Å². The number of urea groups is 1. The van der Waals surface area contributed by atoms with Gasteiger partial charge in [0, 0.05) is 10.7 Å². The molecule has 0 saturated carbocycles. The van der Waals surface area contributed by atoms with E-state index in [-0.39, 0.29) is 11.6 Å². The Morgan fingerprint density at radius 1 is 1.05 bits per heavy atom. The molecule has 0 aliphatic heterocycles. The summed E-state index contributed by atoms with van der Waals surface area (Å²) < 4.78 is 5.22. The van der Waals surface area contributed by atoms with Gasteiger partial charge < -0.3 is 10.1 Å². The molecule has 5 nitrogen and oxygen atoms in total. The Morgan fingerprint density at radius 3 is 2.45 bits per heavy atom. The molecule has 22 heavy (non-hydrogen) atoms. The van der Waals surface area contributed by atoms with Crippen molar-refractivity contribution in [2.45, 2.75) is 0 Å². The van der Waals surface area contributed by atoms with E-state index in [4.69, 9.17) is 27.9 Å². The summed E-state index contributed by atoms with van der Waals surface area (Å²) in [7, 11) is 0. The number of amides is 3. The van der Waals surface area contributed by atoms with E-state index in [1.807, 2.05) is 6.07 Å². The maximum absolute atomic E-state index is 11.6. The first-order chi connectivity index (χ1) is 10.5. The third-order valence-electron chi connectivity index (χ3n) is 2.54. The molecule has 0 aliphatic carbocycles. The molecular weight excluding hydrogens is 327 g/mol. The van der Waals surface area contributed by atoms with Crippen molar-refractivity contribution >= 4 is 40.8 Å². The van der Waals surface area contributed by atoms with Gasteiger partial charge in [0.25, 0.3) is 5.91 Å². The van der Waals surface area contributed by atoms with Crippen molar-refractivity contribution in [1.82, 2.24) is 5.32 Å². The Kier molecular flexibility index (Phi) is 5.63. The molecule has 0 spiro atoms. The molecule has 0 fully saturated rings. The molecule has 2 aromatic rings. The predicted octanol–water partition coefficient (Wildman–Crippen LogP) is 3.72. The summed E-state index contributed by atoms with van der Waals surface area (Å²) in [4.78, 5) is 23.2. The number of benzene rings is 2. The van der Waals surface area contributed by atoms with Crippen LogP contribution in [0.5, 0.6) is 5.75 Å². The Bertz CT molecular complexity index is 678. The Morgan fingerprint density at radius 2 is 1.77 bits per heavy atom. The van der Waals surface area contributed by atoms with Crippen molar-refractivity contribution in [3.63, 3.8) is 0 Å². The second-order valence-corrected chi connectivity index (χ2v) is 5.08. The molecule has 2 N–H and O–H groups in total. The highest BCUT2D eigenvalue weighted by Crippen LogP contribution is 2.27. The fraction of sp³-hybridized carbons (Fsp3) is 0.0667. The number of ether oxygens (including phenoxy) is 1. The maximum atomic E-state index is 11.6. The molecule has 0 aromatic heterocycles. The van der Waals surface area contributed by atoms with E-state index in [1.165, 1.54) is 6.07 Å². The van der Waals surface area contributed by atoms with Crippen LogP contribution in [0.2, 0.25) is 10.0 Å². The first-order valence-electron chi connectivity index (χ1n) is 6.28. The van der Waals surface area contributed by atoms with Gasteiger partial charge in [-0.1, -0.05) is 41.4 Å². The van der Waals surface area contributed by atoms with Gasteiger partial charge in [-0.25, -0.2) is 4.79 Å². The third-order valence-corrected chi connectivity index (χ3v) is 3.07. The van der Waals surface area contributed by atoms with Crippen LogP contribution in [0.4, 0.5) is 10.5 Å². The first-order valence-corrected chi connectivity index (χ1v) is 7.04. The van der Waals surface area contributed by atoms with E-state index in [9.17, 15) is 9.59 Å². The van der Waals surface area contributed by atoms with Crippen LogP contribution < -0.4 is 15.4 Å². The van der Waals surface area contributed by atoms with E-state index in [2.05, 4.69) is 10.6 Å². The molecule has 0 atom stereocenters. The van der Waals surface area contributed by atoms with E-state index < -0.39 is 11.9 Å². The second kappa shape index (κ2) is 7.68. The lowest BCUT2D eigenvalue weighted by Crippen LogP contribution is -2.37. The smallest absolute Gasteiger partial charge is 0.325 e. The van der Waals surface area contributed by atoms with Crippen LogP contribution in [0.25, 0.3) is 0 Å². The molecule has 114 valence electrons. The summed E-state index contributed by atoms with van der Waals surface area (Å²) in [6, 6.07) is 12.7. The summed E-state index contributed by atoms with van der Waals surface area (Å²) in [5.41, 5.74) is 0.578. The average Bonchev–Trinajstić information content (AvgIpc) is 2.47. The zero-order valence-electron chi connectivity index (χ0n) is 11.3. The topological polar surface area (TPSA) is 67.4 Å². The van der Waals surface area contributed by atoms with Crippen molar-refractivity contribution in [2.75, 3.05) is 11.9 Å². The molecule has 2 rings (SSSR count). The Balaban J connectivity index is 1.81. The number of imide groups is 1. The number of carbonyl (C=O) groups excluding carboxylic acids is 2. The minimum atomic E-state index is -0.637. The summed E-state index contributed by atoms with van der Waals surface area (Å²) in [5.74, 6) is -0.288. The zero-order chi connectivity index (χ0) is 15.9. The number of hydrogen-bond acceptors (Lipinski definition) is 3. The molecule has 2 aromatic carbocycles. The van der Waals surface area contributed by atoms with Gasteiger partial charge in [0.05, 0.1) is 5.02 Å². The molecule has 0 radical (unpaired) electrons. The van der Waals surface area contributed by atoms with Crippen molar-refractivity contribution in [3.8, 4) is 5.75 Å². The number of anilines is 1. The van der Waals surface area contributed by atoms with Crippen molar-refractivity contribution in [1.29, 1.82) is 0 Å². The van der Waals surface area contributed by atoms with Gasteiger partial charge in [-0.15, -0.1) is 0 Å².